The van der Waals surface area contributed by atoms with Gasteiger partial charge in [-0.1, -0.05) is 12.1 Å². The molecule has 0 unspecified atom stereocenters. The van der Waals surface area contributed by atoms with E-state index in [-0.39, 0.29) is 0 Å². The van der Waals surface area contributed by atoms with Crippen LogP contribution < -0.4 is 0 Å². The van der Waals surface area contributed by atoms with Gasteiger partial charge in [-0.3, -0.25) is 0 Å². The Morgan fingerprint density at radius 1 is 0.913 bits per heavy atom. The van der Waals surface area contributed by atoms with Gasteiger partial charge in [0.25, 0.3) is 0 Å². The van der Waals surface area contributed by atoms with Crippen molar-refractivity contribution < 1.29 is 0 Å². The zero-order valence-corrected chi connectivity index (χ0v) is 13.2. The summed E-state index contributed by atoms with van der Waals surface area (Å²) in [5.41, 5.74) is 3.47. The summed E-state index contributed by atoms with van der Waals surface area (Å²) in [7, 11) is 0. The molecule has 0 saturated heterocycles. The maximum atomic E-state index is 4.80. The standard InChI is InChI=1S/C20H21N3/c1-2-4-18-17(3-1)20-21-10-16(11-23(20)22-18)19-14-6-12-5-13(8-14)9-15(19)7-12/h1-4,10-15,19H,5-9H2. The summed E-state index contributed by atoms with van der Waals surface area (Å²) < 4.78 is 2.02. The summed E-state index contributed by atoms with van der Waals surface area (Å²) in [6.45, 7) is 0. The van der Waals surface area contributed by atoms with Gasteiger partial charge in [-0.15, -0.1) is 0 Å². The predicted molar refractivity (Wildman–Crippen MR) is 90.3 cm³/mol. The number of hydrogen-bond donors (Lipinski definition) is 0. The first kappa shape index (κ1) is 12.5. The summed E-state index contributed by atoms with van der Waals surface area (Å²) in [4.78, 5) is 4.80. The molecule has 1 aromatic carbocycles. The molecule has 23 heavy (non-hydrogen) atoms. The molecule has 0 N–H and O–H groups in total. The van der Waals surface area contributed by atoms with E-state index in [4.69, 9.17) is 10.1 Å². The third-order valence-corrected chi connectivity index (χ3v) is 6.80. The molecule has 2 aromatic heterocycles. The number of hydrogen-bond acceptors (Lipinski definition) is 2. The van der Waals surface area contributed by atoms with E-state index in [9.17, 15) is 0 Å². The Balaban J connectivity index is 1.48. The van der Waals surface area contributed by atoms with E-state index in [0.717, 1.165) is 46.1 Å². The lowest BCUT2D eigenvalue weighted by atomic mass is 9.51. The molecule has 3 nitrogen and oxygen atoms in total. The Kier molecular flexibility index (Phi) is 2.36. The predicted octanol–water partition coefficient (Wildman–Crippen LogP) is 4.42. The normalized spacial score (nSPS) is 35.4. The van der Waals surface area contributed by atoms with Crippen LogP contribution in [0.5, 0.6) is 0 Å². The molecule has 7 rings (SSSR count). The fourth-order valence-electron chi connectivity index (χ4n) is 6.21. The van der Waals surface area contributed by atoms with Crippen molar-refractivity contribution in [1.29, 1.82) is 0 Å². The largest absolute Gasteiger partial charge is 0.236 e. The van der Waals surface area contributed by atoms with Crippen LogP contribution in [0.25, 0.3) is 16.6 Å². The number of rotatable bonds is 1. The SMILES string of the molecule is c1ccc2c(c1)nn1cc(C3C4CC5CC(C4)CC3C5)cnc21. The molecule has 0 spiro atoms. The second-order valence-corrected chi connectivity index (χ2v) is 8.13. The van der Waals surface area contributed by atoms with Crippen molar-refractivity contribution in [2.75, 3.05) is 0 Å². The zero-order chi connectivity index (χ0) is 15.0. The van der Waals surface area contributed by atoms with Crippen molar-refractivity contribution in [3.05, 3.63) is 42.2 Å². The molecule has 4 aliphatic rings. The van der Waals surface area contributed by atoms with E-state index in [1.165, 1.54) is 37.7 Å². The van der Waals surface area contributed by atoms with Crippen molar-refractivity contribution in [3.63, 3.8) is 0 Å². The summed E-state index contributed by atoms with van der Waals surface area (Å²) in [6.07, 6.45) is 11.8. The van der Waals surface area contributed by atoms with Crippen LogP contribution in [0.4, 0.5) is 0 Å². The number of aromatic nitrogens is 3. The highest BCUT2D eigenvalue weighted by Crippen LogP contribution is 2.59. The summed E-state index contributed by atoms with van der Waals surface area (Å²) >= 11 is 0. The zero-order valence-electron chi connectivity index (χ0n) is 13.2. The van der Waals surface area contributed by atoms with Gasteiger partial charge in [0, 0.05) is 17.8 Å². The molecule has 2 heterocycles. The lowest BCUT2D eigenvalue weighted by Crippen LogP contribution is -2.43. The van der Waals surface area contributed by atoms with Crippen molar-refractivity contribution in [2.45, 2.75) is 38.0 Å². The first-order valence-electron chi connectivity index (χ1n) is 9.08. The number of fused-ring (bicyclic) bond motifs is 3. The fraction of sp³-hybridized carbons (Fsp3) is 0.500. The van der Waals surface area contributed by atoms with Gasteiger partial charge in [0.2, 0.25) is 0 Å². The van der Waals surface area contributed by atoms with Gasteiger partial charge < -0.3 is 0 Å². The molecule has 4 saturated carbocycles. The number of benzene rings is 1. The highest BCUT2D eigenvalue weighted by atomic mass is 15.2. The topological polar surface area (TPSA) is 30.2 Å². The second-order valence-electron chi connectivity index (χ2n) is 8.13. The van der Waals surface area contributed by atoms with E-state index in [1.807, 2.05) is 10.6 Å². The monoisotopic (exact) mass is 303 g/mol. The van der Waals surface area contributed by atoms with E-state index >= 15 is 0 Å². The molecule has 4 bridgehead atoms. The minimum atomic E-state index is 0.729. The van der Waals surface area contributed by atoms with E-state index in [0.29, 0.717) is 0 Å². The van der Waals surface area contributed by atoms with Crippen LogP contribution >= 0.6 is 0 Å². The molecule has 4 aliphatic carbocycles. The molecular weight excluding hydrogens is 282 g/mol. The molecule has 116 valence electrons. The third kappa shape index (κ3) is 1.71. The van der Waals surface area contributed by atoms with Gasteiger partial charge in [0.15, 0.2) is 5.65 Å². The van der Waals surface area contributed by atoms with Crippen LogP contribution in [-0.2, 0) is 0 Å². The Bertz CT molecular complexity index is 882. The van der Waals surface area contributed by atoms with Crippen LogP contribution in [0, 0.1) is 23.7 Å². The van der Waals surface area contributed by atoms with Crippen LogP contribution in [0.1, 0.15) is 43.6 Å². The van der Waals surface area contributed by atoms with Crippen molar-refractivity contribution in [1.82, 2.24) is 14.6 Å². The Labute approximate surface area is 135 Å². The van der Waals surface area contributed by atoms with Crippen LogP contribution in [0.15, 0.2) is 36.7 Å². The lowest BCUT2D eigenvalue weighted by Gasteiger charge is -2.54. The van der Waals surface area contributed by atoms with Crippen LogP contribution in [0.2, 0.25) is 0 Å². The first-order chi connectivity index (χ1) is 11.3. The summed E-state index contributed by atoms with van der Waals surface area (Å²) in [5.74, 6) is 4.58. The number of nitrogens with zero attached hydrogens (tertiary/aromatic N) is 3. The Morgan fingerprint density at radius 3 is 2.43 bits per heavy atom. The lowest BCUT2D eigenvalue weighted by molar-refractivity contribution is -0.00303. The smallest absolute Gasteiger partial charge is 0.162 e. The Hall–Kier alpha value is -1.90. The highest BCUT2D eigenvalue weighted by molar-refractivity contribution is 5.91. The van der Waals surface area contributed by atoms with Gasteiger partial charge in [0.05, 0.1) is 5.52 Å². The molecular formula is C20H21N3. The van der Waals surface area contributed by atoms with Gasteiger partial charge in [0.1, 0.15) is 0 Å². The summed E-state index contributed by atoms with van der Waals surface area (Å²) in [6, 6.07) is 8.31. The second kappa shape index (κ2) is 4.34. The van der Waals surface area contributed by atoms with Crippen LogP contribution in [0.3, 0.4) is 0 Å². The van der Waals surface area contributed by atoms with Gasteiger partial charge >= 0.3 is 0 Å². The average molecular weight is 303 g/mol. The van der Waals surface area contributed by atoms with Crippen LogP contribution in [-0.4, -0.2) is 14.6 Å². The molecule has 4 fully saturated rings. The van der Waals surface area contributed by atoms with E-state index < -0.39 is 0 Å². The van der Waals surface area contributed by atoms with Crippen molar-refractivity contribution in [2.24, 2.45) is 23.7 Å². The van der Waals surface area contributed by atoms with E-state index in [2.05, 4.69) is 30.6 Å². The molecule has 3 aromatic rings. The first-order valence-corrected chi connectivity index (χ1v) is 9.08. The average Bonchev–Trinajstić information content (AvgIpc) is 2.91. The maximum Gasteiger partial charge on any atom is 0.162 e. The third-order valence-electron chi connectivity index (χ3n) is 6.80. The molecule has 0 amide bonds. The molecule has 0 radical (unpaired) electrons. The fourth-order valence-corrected chi connectivity index (χ4v) is 6.21. The maximum absolute atomic E-state index is 4.80. The van der Waals surface area contributed by atoms with Crippen molar-refractivity contribution >= 4 is 16.6 Å². The van der Waals surface area contributed by atoms with Gasteiger partial charge in [-0.2, -0.15) is 5.10 Å². The molecule has 0 atom stereocenters. The quantitative estimate of drug-likeness (QED) is 0.666. The van der Waals surface area contributed by atoms with Crippen molar-refractivity contribution in [3.8, 4) is 0 Å². The highest BCUT2D eigenvalue weighted by Gasteiger charge is 2.48. The van der Waals surface area contributed by atoms with E-state index in [1.54, 1.807) is 0 Å². The molecule has 0 aliphatic heterocycles. The molecule has 3 heteroatoms. The minimum absolute atomic E-state index is 0.729. The minimum Gasteiger partial charge on any atom is -0.236 e. The van der Waals surface area contributed by atoms with Gasteiger partial charge in [-0.25, -0.2) is 9.50 Å². The van der Waals surface area contributed by atoms with Gasteiger partial charge in [-0.05, 0) is 79.4 Å². The summed E-state index contributed by atoms with van der Waals surface area (Å²) in [5, 5.41) is 5.90. The Morgan fingerprint density at radius 2 is 1.65 bits per heavy atom.